The molecule has 0 aromatic carbocycles. The van der Waals surface area contributed by atoms with Crippen LogP contribution >= 0.6 is 0 Å². The average Bonchev–Trinajstić information content (AvgIpc) is 2.92. The lowest BCUT2D eigenvalue weighted by molar-refractivity contribution is 0.414. The van der Waals surface area contributed by atoms with Crippen molar-refractivity contribution in [3.63, 3.8) is 0 Å². The van der Waals surface area contributed by atoms with Gasteiger partial charge in [-0.1, -0.05) is 19.8 Å². The highest BCUT2D eigenvalue weighted by Crippen LogP contribution is 2.31. The highest BCUT2D eigenvalue weighted by atomic mass is 32.2. The van der Waals surface area contributed by atoms with Crippen LogP contribution in [0, 0.1) is 25.7 Å². The van der Waals surface area contributed by atoms with Gasteiger partial charge in [-0.3, -0.25) is 0 Å². The van der Waals surface area contributed by atoms with Crippen molar-refractivity contribution in [2.24, 2.45) is 11.8 Å². The molecule has 21 heavy (non-hydrogen) atoms. The molecule has 2 unspecified atom stereocenters. The summed E-state index contributed by atoms with van der Waals surface area (Å²) < 4.78 is 33.6. The molecule has 1 saturated carbocycles. The van der Waals surface area contributed by atoms with Gasteiger partial charge in [-0.25, -0.2) is 13.1 Å². The molecule has 0 bridgehead atoms. The largest absolute Gasteiger partial charge is 0.465 e. The Balaban J connectivity index is 2.19. The Kier molecular flexibility index (Phi) is 5.11. The van der Waals surface area contributed by atoms with Crippen LogP contribution in [0.4, 0.5) is 0 Å². The molecule has 1 heterocycles. The molecule has 1 aliphatic carbocycles. The number of hydrogen-bond donors (Lipinski definition) is 2. The lowest BCUT2D eigenvalue weighted by Crippen LogP contribution is -2.31. The summed E-state index contributed by atoms with van der Waals surface area (Å²) in [4.78, 5) is 0.306. The smallest absolute Gasteiger partial charge is 0.244 e. The van der Waals surface area contributed by atoms with Crippen LogP contribution in [-0.4, -0.2) is 22.0 Å². The van der Waals surface area contributed by atoms with Crippen molar-refractivity contribution < 1.29 is 12.8 Å². The Bertz CT molecular complexity index is 592. The molecule has 1 aromatic rings. The number of aryl methyl sites for hydroxylation is 2. The number of sulfonamides is 1. The summed E-state index contributed by atoms with van der Waals surface area (Å²) >= 11 is 0. The molecule has 5 nitrogen and oxygen atoms in total. The molecule has 1 aliphatic rings. The van der Waals surface area contributed by atoms with Crippen LogP contribution in [0.25, 0.3) is 0 Å². The van der Waals surface area contributed by atoms with E-state index in [1.807, 2.05) is 0 Å². The third-order valence-corrected chi connectivity index (χ3v) is 6.14. The van der Waals surface area contributed by atoms with Gasteiger partial charge >= 0.3 is 0 Å². The molecule has 120 valence electrons. The van der Waals surface area contributed by atoms with Crippen molar-refractivity contribution >= 4 is 10.0 Å². The van der Waals surface area contributed by atoms with Gasteiger partial charge in [0.1, 0.15) is 16.4 Å². The molecule has 0 aliphatic heterocycles. The van der Waals surface area contributed by atoms with Gasteiger partial charge in [-0.2, -0.15) is 0 Å². The van der Waals surface area contributed by atoms with Gasteiger partial charge in [0.15, 0.2) is 0 Å². The molecule has 2 N–H and O–H groups in total. The van der Waals surface area contributed by atoms with Crippen LogP contribution in [0.3, 0.4) is 0 Å². The van der Waals surface area contributed by atoms with Gasteiger partial charge in [0, 0.05) is 18.7 Å². The molecule has 0 spiro atoms. The van der Waals surface area contributed by atoms with E-state index in [0.29, 0.717) is 41.3 Å². The summed E-state index contributed by atoms with van der Waals surface area (Å²) in [5.41, 5.74) is 0.724. The van der Waals surface area contributed by atoms with Crippen LogP contribution < -0.4 is 10.0 Å². The second-order valence-electron chi connectivity index (χ2n) is 6.07. The normalized spacial score (nSPS) is 22.9. The lowest BCUT2D eigenvalue weighted by atomic mass is 9.99. The molecule has 0 amide bonds. The van der Waals surface area contributed by atoms with Crippen molar-refractivity contribution in [3.05, 3.63) is 17.1 Å². The van der Waals surface area contributed by atoms with Gasteiger partial charge in [-0.05, 0) is 39.2 Å². The van der Waals surface area contributed by atoms with Gasteiger partial charge in [0.25, 0.3) is 0 Å². The maximum atomic E-state index is 12.6. The minimum absolute atomic E-state index is 0.306. The van der Waals surface area contributed by atoms with E-state index in [1.165, 1.54) is 12.8 Å². The topological polar surface area (TPSA) is 71.3 Å². The second-order valence-corrected chi connectivity index (χ2v) is 7.78. The van der Waals surface area contributed by atoms with Gasteiger partial charge < -0.3 is 9.73 Å². The molecule has 1 fully saturated rings. The number of nitrogens with one attached hydrogen (secondary N) is 2. The minimum Gasteiger partial charge on any atom is -0.465 e. The lowest BCUT2D eigenvalue weighted by Gasteiger charge is -2.16. The molecular formula is C15H26N2O3S. The van der Waals surface area contributed by atoms with Crippen molar-refractivity contribution in [3.8, 4) is 0 Å². The summed E-state index contributed by atoms with van der Waals surface area (Å²) in [7, 11) is -1.72. The first kappa shape index (κ1) is 16.5. The van der Waals surface area contributed by atoms with E-state index in [-0.39, 0.29) is 0 Å². The molecule has 2 rings (SSSR count). The van der Waals surface area contributed by atoms with Gasteiger partial charge in [0.05, 0.1) is 0 Å². The summed E-state index contributed by atoms with van der Waals surface area (Å²) in [6.45, 7) is 6.72. The Morgan fingerprint density at radius 2 is 1.95 bits per heavy atom. The van der Waals surface area contributed by atoms with Crippen LogP contribution in [0.15, 0.2) is 9.31 Å². The van der Waals surface area contributed by atoms with Crippen molar-refractivity contribution in [2.75, 3.05) is 13.6 Å². The van der Waals surface area contributed by atoms with Crippen LogP contribution in [0.1, 0.15) is 43.3 Å². The summed E-state index contributed by atoms with van der Waals surface area (Å²) in [6, 6.07) is 0. The SMILES string of the molecule is CNCc1c(C)oc(C)c1S(=O)(=O)NCC1CCCC1C. The summed E-state index contributed by atoms with van der Waals surface area (Å²) in [5.74, 6) is 2.17. The Morgan fingerprint density at radius 3 is 2.52 bits per heavy atom. The molecule has 0 radical (unpaired) electrons. The molecule has 6 heteroatoms. The predicted octanol–water partition coefficient (Wildman–Crippen LogP) is 2.33. The second kappa shape index (κ2) is 6.50. The van der Waals surface area contributed by atoms with E-state index in [0.717, 1.165) is 12.0 Å². The number of hydrogen-bond acceptors (Lipinski definition) is 4. The molecular weight excluding hydrogens is 288 g/mol. The van der Waals surface area contributed by atoms with E-state index in [9.17, 15) is 8.42 Å². The Morgan fingerprint density at radius 1 is 1.24 bits per heavy atom. The maximum Gasteiger partial charge on any atom is 0.244 e. The highest BCUT2D eigenvalue weighted by Gasteiger charge is 2.29. The van der Waals surface area contributed by atoms with Crippen LogP contribution in [-0.2, 0) is 16.6 Å². The fourth-order valence-electron chi connectivity index (χ4n) is 3.26. The van der Waals surface area contributed by atoms with Crippen molar-refractivity contribution in [1.82, 2.24) is 10.0 Å². The molecule has 2 atom stereocenters. The summed E-state index contributed by atoms with van der Waals surface area (Å²) in [6.07, 6.45) is 3.50. The molecule has 0 saturated heterocycles. The standard InChI is InChI=1S/C15H26N2O3S/c1-10-6-5-7-13(10)8-17-21(18,19)15-12(3)20-11(2)14(15)9-16-4/h10,13,16-17H,5-9H2,1-4H3. The quantitative estimate of drug-likeness (QED) is 0.845. The first-order valence-electron chi connectivity index (χ1n) is 7.60. The van der Waals surface area contributed by atoms with E-state index >= 15 is 0 Å². The van der Waals surface area contributed by atoms with Crippen LogP contribution in [0.5, 0.6) is 0 Å². The monoisotopic (exact) mass is 314 g/mol. The third-order valence-electron chi connectivity index (χ3n) is 4.52. The predicted molar refractivity (Wildman–Crippen MR) is 82.6 cm³/mol. The van der Waals surface area contributed by atoms with E-state index in [1.54, 1.807) is 20.9 Å². The van der Waals surface area contributed by atoms with Crippen LogP contribution in [0.2, 0.25) is 0 Å². The van der Waals surface area contributed by atoms with Crippen molar-refractivity contribution in [2.45, 2.75) is 51.5 Å². The van der Waals surface area contributed by atoms with Gasteiger partial charge in [0.2, 0.25) is 10.0 Å². The Labute approximate surface area is 127 Å². The van der Waals surface area contributed by atoms with E-state index in [2.05, 4.69) is 17.0 Å². The maximum absolute atomic E-state index is 12.6. The fraction of sp³-hybridized carbons (Fsp3) is 0.733. The minimum atomic E-state index is -3.52. The highest BCUT2D eigenvalue weighted by molar-refractivity contribution is 7.89. The zero-order chi connectivity index (χ0) is 15.6. The fourth-order valence-corrected chi connectivity index (χ4v) is 4.80. The molecule has 1 aromatic heterocycles. The zero-order valence-electron chi connectivity index (χ0n) is 13.3. The first-order chi connectivity index (χ1) is 9.86. The first-order valence-corrected chi connectivity index (χ1v) is 9.08. The summed E-state index contributed by atoms with van der Waals surface area (Å²) in [5, 5.41) is 3.00. The third kappa shape index (κ3) is 3.49. The van der Waals surface area contributed by atoms with E-state index < -0.39 is 10.0 Å². The van der Waals surface area contributed by atoms with Gasteiger partial charge in [-0.15, -0.1) is 0 Å². The van der Waals surface area contributed by atoms with Crippen molar-refractivity contribution in [1.29, 1.82) is 0 Å². The number of rotatable bonds is 6. The Hall–Kier alpha value is -0.850. The zero-order valence-corrected chi connectivity index (χ0v) is 14.1. The van der Waals surface area contributed by atoms with E-state index in [4.69, 9.17) is 4.42 Å². The average molecular weight is 314 g/mol. The number of furan rings is 1.